The number of nitrogens with zero attached hydrogens (tertiary/aromatic N) is 1. The number of halogens is 5. The summed E-state index contributed by atoms with van der Waals surface area (Å²) in [4.78, 5) is 2.17. The van der Waals surface area contributed by atoms with Crippen LogP contribution in [0.5, 0.6) is 5.75 Å². The third-order valence-corrected chi connectivity index (χ3v) is 9.40. The van der Waals surface area contributed by atoms with Crippen LogP contribution < -0.4 is 20.7 Å². The molecule has 2 unspecified atom stereocenters. The summed E-state index contributed by atoms with van der Waals surface area (Å²) in [6.07, 6.45) is -6.12. The van der Waals surface area contributed by atoms with E-state index in [1.165, 1.54) is 26.5 Å². The number of ether oxygens (including phenoxy) is 1. The summed E-state index contributed by atoms with van der Waals surface area (Å²) in [6, 6.07) is 7.14. The number of piperidine rings is 1. The summed E-state index contributed by atoms with van der Waals surface area (Å²) in [5.74, 6) is 5.26. The number of methoxy groups -OCH3 is 1. The van der Waals surface area contributed by atoms with E-state index in [1.54, 1.807) is 18.2 Å². The highest BCUT2D eigenvalue weighted by atomic mass is 32.1. The van der Waals surface area contributed by atoms with E-state index in [0.29, 0.717) is 27.9 Å². The summed E-state index contributed by atoms with van der Waals surface area (Å²) < 4.78 is 88.0. The minimum absolute atomic E-state index is 0.0170. The molecule has 1 fully saturated rings. The first-order chi connectivity index (χ1) is 18.8. The average molecular weight is 600 g/mol. The lowest BCUT2D eigenvalue weighted by atomic mass is 10.0. The SMILES string of the molecule is COc1cc(F)c(P(C)(C)=O)cc1NCC#Cc1sc2c(NC3CCN(C)CC3F)cccc2c1CC(F)(F)F. The van der Waals surface area contributed by atoms with Gasteiger partial charge in [-0.25, -0.2) is 8.78 Å². The zero-order valence-electron chi connectivity index (χ0n) is 22.6. The topological polar surface area (TPSA) is 53.6 Å². The molecule has 12 heteroatoms. The van der Waals surface area contributed by atoms with E-state index in [0.717, 1.165) is 23.9 Å². The molecule has 0 aliphatic carbocycles. The van der Waals surface area contributed by atoms with Crippen molar-refractivity contribution in [2.24, 2.45) is 0 Å². The first-order valence-corrected chi connectivity index (χ1v) is 16.0. The highest BCUT2D eigenvalue weighted by Gasteiger charge is 2.32. The van der Waals surface area contributed by atoms with E-state index in [1.807, 2.05) is 11.9 Å². The number of thiophene rings is 1. The largest absolute Gasteiger partial charge is 0.494 e. The number of rotatable bonds is 7. The summed E-state index contributed by atoms with van der Waals surface area (Å²) in [6.45, 7) is 3.93. The van der Waals surface area contributed by atoms with E-state index in [2.05, 4.69) is 22.5 Å². The van der Waals surface area contributed by atoms with Gasteiger partial charge in [-0.05, 0) is 49.9 Å². The highest BCUT2D eigenvalue weighted by molar-refractivity contribution is 7.70. The van der Waals surface area contributed by atoms with Crippen LogP contribution in [-0.2, 0) is 11.0 Å². The molecule has 0 radical (unpaired) electrons. The van der Waals surface area contributed by atoms with E-state index in [4.69, 9.17) is 4.74 Å². The minimum atomic E-state index is -4.45. The Morgan fingerprint density at radius 2 is 1.98 bits per heavy atom. The van der Waals surface area contributed by atoms with Gasteiger partial charge in [-0.2, -0.15) is 13.2 Å². The van der Waals surface area contributed by atoms with E-state index >= 15 is 0 Å². The van der Waals surface area contributed by atoms with Crippen molar-refractivity contribution in [3.05, 3.63) is 46.6 Å². The van der Waals surface area contributed by atoms with Crippen molar-refractivity contribution in [3.63, 3.8) is 0 Å². The van der Waals surface area contributed by atoms with Gasteiger partial charge in [0, 0.05) is 24.5 Å². The summed E-state index contributed by atoms with van der Waals surface area (Å²) in [5.41, 5.74) is 1.03. The first-order valence-electron chi connectivity index (χ1n) is 12.6. The fraction of sp³-hybridized carbons (Fsp3) is 0.429. The van der Waals surface area contributed by atoms with E-state index < -0.39 is 37.8 Å². The molecule has 216 valence electrons. The van der Waals surface area contributed by atoms with Gasteiger partial charge >= 0.3 is 6.18 Å². The molecule has 5 nitrogen and oxygen atoms in total. The maximum absolute atomic E-state index is 14.7. The average Bonchev–Trinajstić information content (AvgIpc) is 3.19. The van der Waals surface area contributed by atoms with Crippen molar-refractivity contribution in [1.82, 2.24) is 4.90 Å². The molecule has 1 aromatic heterocycles. The summed E-state index contributed by atoms with van der Waals surface area (Å²) >= 11 is 1.14. The predicted octanol–water partition coefficient (Wildman–Crippen LogP) is 6.32. The molecule has 2 aromatic carbocycles. The van der Waals surface area contributed by atoms with Gasteiger partial charge in [0.15, 0.2) is 0 Å². The van der Waals surface area contributed by atoms with Crippen molar-refractivity contribution in [3.8, 4) is 17.6 Å². The predicted molar refractivity (Wildman–Crippen MR) is 153 cm³/mol. The van der Waals surface area contributed by atoms with Gasteiger partial charge in [0.1, 0.15) is 24.9 Å². The lowest BCUT2D eigenvalue weighted by Gasteiger charge is -2.33. The van der Waals surface area contributed by atoms with Crippen molar-refractivity contribution in [2.75, 3.05) is 57.8 Å². The molecule has 0 spiro atoms. The maximum Gasteiger partial charge on any atom is 0.393 e. The van der Waals surface area contributed by atoms with Crippen LogP contribution >= 0.6 is 18.5 Å². The van der Waals surface area contributed by atoms with E-state index in [9.17, 15) is 26.5 Å². The Morgan fingerprint density at radius 1 is 1.23 bits per heavy atom. The first kappa shape index (κ1) is 30.2. The Bertz CT molecular complexity index is 1490. The summed E-state index contributed by atoms with van der Waals surface area (Å²) in [5, 5.41) is 6.69. The molecule has 3 aromatic rings. The van der Waals surface area contributed by atoms with Crippen LogP contribution in [0.4, 0.5) is 33.3 Å². The molecule has 2 heterocycles. The van der Waals surface area contributed by atoms with Crippen LogP contribution in [0.3, 0.4) is 0 Å². The molecule has 2 N–H and O–H groups in total. The molecular weight excluding hydrogens is 568 g/mol. The van der Waals surface area contributed by atoms with Crippen LogP contribution in [0.25, 0.3) is 10.1 Å². The zero-order valence-corrected chi connectivity index (χ0v) is 24.3. The fourth-order valence-electron chi connectivity index (χ4n) is 4.71. The number of benzene rings is 2. The highest BCUT2D eigenvalue weighted by Crippen LogP contribution is 2.40. The number of likely N-dealkylation sites (tertiary alicyclic amines) is 1. The van der Waals surface area contributed by atoms with Crippen LogP contribution in [-0.4, -0.2) is 70.4 Å². The van der Waals surface area contributed by atoms with Gasteiger partial charge in [0.2, 0.25) is 0 Å². The minimum Gasteiger partial charge on any atom is -0.494 e. The second kappa shape index (κ2) is 12.0. The summed E-state index contributed by atoms with van der Waals surface area (Å²) in [7, 11) is 0.305. The standard InChI is InChI=1S/C28H31F5N3O2PS/c1-36-12-10-21(20(30)16-36)35-22-8-5-7-17-18(15-28(31,32)33)26(40-27(17)22)9-6-11-34-23-14-25(39(3,4)37)19(29)13-24(23)38-2/h5,7-8,13-14,20-21,34-35H,10-12,15-16H2,1-4H3. The molecule has 0 saturated carbocycles. The van der Waals surface area contributed by atoms with E-state index in [-0.39, 0.29) is 34.6 Å². The normalized spacial score (nSPS) is 18.3. The van der Waals surface area contributed by atoms with Crippen molar-refractivity contribution >= 4 is 45.2 Å². The third kappa shape index (κ3) is 7.09. The van der Waals surface area contributed by atoms with Crippen molar-refractivity contribution in [1.29, 1.82) is 0 Å². The van der Waals surface area contributed by atoms with Crippen molar-refractivity contribution in [2.45, 2.75) is 31.2 Å². The number of hydrogen-bond acceptors (Lipinski definition) is 6. The number of hydrogen-bond donors (Lipinski definition) is 2. The number of fused-ring (bicyclic) bond motifs is 1. The van der Waals surface area contributed by atoms with Crippen molar-refractivity contribution < 1.29 is 31.3 Å². The Balaban J connectivity index is 1.64. The molecular formula is C28H31F5N3O2PS. The second-order valence-corrected chi connectivity index (χ2v) is 14.4. The zero-order chi connectivity index (χ0) is 29.2. The van der Waals surface area contributed by atoms with Crippen LogP contribution in [0.1, 0.15) is 16.9 Å². The van der Waals surface area contributed by atoms with Gasteiger partial charge in [0.25, 0.3) is 0 Å². The molecule has 1 saturated heterocycles. The molecule has 0 bridgehead atoms. The fourth-order valence-corrected chi connectivity index (χ4v) is 6.90. The Kier molecular flexibility index (Phi) is 9.03. The number of alkyl halides is 4. The van der Waals surface area contributed by atoms with Crippen LogP contribution in [0, 0.1) is 17.7 Å². The van der Waals surface area contributed by atoms with Crippen LogP contribution in [0.2, 0.25) is 0 Å². The molecule has 4 rings (SSSR count). The molecule has 1 aliphatic rings. The van der Waals surface area contributed by atoms with Gasteiger partial charge in [0.05, 0.1) is 47.1 Å². The quantitative estimate of drug-likeness (QED) is 0.189. The van der Waals surface area contributed by atoms with Gasteiger partial charge < -0.3 is 24.8 Å². The smallest absolute Gasteiger partial charge is 0.393 e. The molecule has 0 amide bonds. The maximum atomic E-state index is 14.7. The monoisotopic (exact) mass is 599 g/mol. The lowest BCUT2D eigenvalue weighted by Crippen LogP contribution is -2.46. The van der Waals surface area contributed by atoms with Gasteiger partial charge in [-0.15, -0.1) is 11.3 Å². The van der Waals surface area contributed by atoms with Gasteiger partial charge in [-0.3, -0.25) is 0 Å². The molecule has 2 atom stereocenters. The van der Waals surface area contributed by atoms with Gasteiger partial charge in [-0.1, -0.05) is 24.0 Å². The lowest BCUT2D eigenvalue weighted by molar-refractivity contribution is -0.126. The number of nitrogens with one attached hydrogen (secondary N) is 2. The Labute approximate surface area is 234 Å². The molecule has 40 heavy (non-hydrogen) atoms. The second-order valence-electron chi connectivity index (χ2n) is 10.2. The Hall–Kier alpha value is -2.80. The molecule has 1 aliphatic heterocycles. The number of anilines is 2. The van der Waals surface area contributed by atoms with Crippen LogP contribution in [0.15, 0.2) is 30.3 Å². The third-order valence-electron chi connectivity index (χ3n) is 6.70. The Morgan fingerprint density at radius 3 is 2.62 bits per heavy atom.